The Kier molecular flexibility index (Phi) is 2.42. The lowest BCUT2D eigenvalue weighted by molar-refractivity contribution is 1.20. The van der Waals surface area contributed by atoms with E-state index in [1.165, 1.54) is 0 Å². The first-order chi connectivity index (χ1) is 2.81. The summed E-state index contributed by atoms with van der Waals surface area (Å²) in [4.78, 5) is 0. The van der Waals surface area contributed by atoms with E-state index in [9.17, 15) is 0 Å². The van der Waals surface area contributed by atoms with Crippen LogP contribution in [0.2, 0.25) is 0 Å². The third-order valence-electron chi connectivity index (χ3n) is 0.551. The highest BCUT2D eigenvalue weighted by Crippen LogP contribution is 1.81. The summed E-state index contributed by atoms with van der Waals surface area (Å²) in [5.74, 6) is 0. The molecule has 0 saturated carbocycles. The van der Waals surface area contributed by atoms with Crippen molar-refractivity contribution in [3.8, 4) is 0 Å². The molecule has 1 heteroatoms. The van der Waals surface area contributed by atoms with E-state index in [2.05, 4.69) is 13.2 Å². The number of nitrogens with two attached hydrogens (primary N) is 1. The fraction of sp³-hybridized carbons (Fsp3) is 0.200. The third-order valence-corrected chi connectivity index (χ3v) is 0.551. The molecule has 2 N–H and O–H groups in total. The van der Waals surface area contributed by atoms with Gasteiger partial charge in [0.1, 0.15) is 0 Å². The second-order valence-electron chi connectivity index (χ2n) is 1.07. The monoisotopic (exact) mass is 83.1 g/mol. The summed E-state index contributed by atoms with van der Waals surface area (Å²) < 4.78 is 0. The molecule has 1 nitrogen and oxygen atoms in total. The van der Waals surface area contributed by atoms with Crippen molar-refractivity contribution < 1.29 is 0 Å². The first-order valence-electron chi connectivity index (χ1n) is 1.81. The van der Waals surface area contributed by atoms with Gasteiger partial charge in [0.05, 0.1) is 0 Å². The van der Waals surface area contributed by atoms with E-state index >= 15 is 0 Å². The van der Waals surface area contributed by atoms with E-state index in [0.717, 1.165) is 5.57 Å². The summed E-state index contributed by atoms with van der Waals surface area (Å²) in [7, 11) is 0. The predicted octanol–water partition coefficient (Wildman–Crippen LogP) is 0.687. The molecule has 0 aromatic heterocycles. The molecule has 6 heavy (non-hydrogen) atoms. The van der Waals surface area contributed by atoms with Crippen molar-refractivity contribution in [3.05, 3.63) is 24.8 Å². The lowest BCUT2D eigenvalue weighted by Crippen LogP contribution is -1.98. The maximum Gasteiger partial charge on any atom is 0.0171 e. The maximum atomic E-state index is 5.11. The van der Waals surface area contributed by atoms with Crippen LogP contribution in [0.25, 0.3) is 0 Å². The van der Waals surface area contributed by atoms with Gasteiger partial charge in [-0.1, -0.05) is 19.2 Å². The third kappa shape index (κ3) is 1.73. The molecule has 0 bridgehead atoms. The van der Waals surface area contributed by atoms with Gasteiger partial charge >= 0.3 is 0 Å². The Balaban J connectivity index is 3.23. The molecule has 0 aliphatic rings. The Labute approximate surface area is 38.2 Å². The normalized spacial score (nSPS) is 7.50. The topological polar surface area (TPSA) is 26.0 Å². The molecule has 0 unspecified atom stereocenters. The van der Waals surface area contributed by atoms with E-state index in [4.69, 9.17) is 5.73 Å². The first-order valence-corrected chi connectivity index (χ1v) is 1.81. The van der Waals surface area contributed by atoms with Gasteiger partial charge in [0, 0.05) is 6.54 Å². The molecular weight excluding hydrogens is 74.1 g/mol. The maximum absolute atomic E-state index is 5.11. The van der Waals surface area contributed by atoms with Crippen molar-refractivity contribution in [2.75, 3.05) is 6.54 Å². The zero-order valence-corrected chi connectivity index (χ0v) is 3.78. The van der Waals surface area contributed by atoms with Crippen LogP contribution in [0.3, 0.4) is 0 Å². The molecular formula is C5H9N. The highest BCUT2D eigenvalue weighted by molar-refractivity contribution is 5.11. The fourth-order valence-electron chi connectivity index (χ4n) is 0.0833. The van der Waals surface area contributed by atoms with Gasteiger partial charge in [-0.15, -0.1) is 0 Å². The van der Waals surface area contributed by atoms with Gasteiger partial charge in [-0.2, -0.15) is 0 Å². The molecule has 0 saturated heterocycles. The van der Waals surface area contributed by atoms with Gasteiger partial charge in [0.2, 0.25) is 0 Å². The van der Waals surface area contributed by atoms with Gasteiger partial charge in [0.25, 0.3) is 0 Å². The van der Waals surface area contributed by atoms with Gasteiger partial charge in [-0.05, 0) is 5.57 Å². The summed E-state index contributed by atoms with van der Waals surface area (Å²) >= 11 is 0. The van der Waals surface area contributed by atoms with Crippen LogP contribution in [0, 0.1) is 0 Å². The van der Waals surface area contributed by atoms with Crippen LogP contribution >= 0.6 is 0 Å². The molecule has 0 atom stereocenters. The summed E-state index contributed by atoms with van der Waals surface area (Å²) in [6, 6.07) is 0. The van der Waals surface area contributed by atoms with Crippen LogP contribution in [0.5, 0.6) is 0 Å². The highest BCUT2D eigenvalue weighted by Gasteiger charge is 1.72. The minimum atomic E-state index is 0.517. The summed E-state index contributed by atoms with van der Waals surface area (Å²) in [6.45, 7) is 7.52. The molecule has 34 valence electrons. The molecule has 0 aliphatic heterocycles. The minimum Gasteiger partial charge on any atom is -0.327 e. The van der Waals surface area contributed by atoms with E-state index in [-0.39, 0.29) is 0 Å². The van der Waals surface area contributed by atoms with Crippen LogP contribution in [-0.4, -0.2) is 6.54 Å². The molecule has 0 aromatic rings. The molecule has 0 aliphatic carbocycles. The molecule has 0 aromatic carbocycles. The van der Waals surface area contributed by atoms with Crippen LogP contribution in [0.4, 0.5) is 0 Å². The second-order valence-corrected chi connectivity index (χ2v) is 1.07. The first kappa shape index (κ1) is 5.44. The predicted molar refractivity (Wildman–Crippen MR) is 28.4 cm³/mol. The highest BCUT2D eigenvalue weighted by atomic mass is 14.5. The average molecular weight is 83.1 g/mol. The van der Waals surface area contributed by atoms with Crippen molar-refractivity contribution in [1.29, 1.82) is 0 Å². The van der Waals surface area contributed by atoms with Crippen molar-refractivity contribution in [2.45, 2.75) is 0 Å². The Morgan fingerprint density at radius 2 is 2.33 bits per heavy atom. The molecule has 0 rings (SSSR count). The van der Waals surface area contributed by atoms with E-state index in [1.807, 2.05) is 0 Å². The number of rotatable bonds is 2. The molecule has 0 radical (unpaired) electrons. The Hall–Kier alpha value is -0.560. The number of hydrogen-bond acceptors (Lipinski definition) is 1. The zero-order valence-electron chi connectivity index (χ0n) is 3.78. The second kappa shape index (κ2) is 2.67. The fourth-order valence-corrected chi connectivity index (χ4v) is 0.0833. The van der Waals surface area contributed by atoms with Crippen molar-refractivity contribution in [3.63, 3.8) is 0 Å². The quantitative estimate of drug-likeness (QED) is 0.488. The molecule has 0 fully saturated rings. The largest absolute Gasteiger partial charge is 0.327 e. The zero-order chi connectivity index (χ0) is 4.99. The van der Waals surface area contributed by atoms with Gasteiger partial charge in [-0.25, -0.2) is 0 Å². The van der Waals surface area contributed by atoms with E-state index in [0.29, 0.717) is 6.54 Å². The van der Waals surface area contributed by atoms with Crippen molar-refractivity contribution in [1.82, 2.24) is 0 Å². The van der Waals surface area contributed by atoms with E-state index in [1.54, 1.807) is 6.08 Å². The van der Waals surface area contributed by atoms with Gasteiger partial charge in [0.15, 0.2) is 0 Å². The van der Waals surface area contributed by atoms with Crippen LogP contribution in [0.1, 0.15) is 0 Å². The van der Waals surface area contributed by atoms with E-state index < -0.39 is 0 Å². The molecule has 0 amide bonds. The standard InChI is InChI=1S/C5H9N/c1-3-5(2)4-6/h3H,1-2,4,6H2. The van der Waals surface area contributed by atoms with Crippen molar-refractivity contribution >= 4 is 0 Å². The van der Waals surface area contributed by atoms with Crippen molar-refractivity contribution in [2.24, 2.45) is 5.73 Å². The molecule has 0 spiro atoms. The smallest absolute Gasteiger partial charge is 0.0171 e. The summed E-state index contributed by atoms with van der Waals surface area (Å²) in [5, 5.41) is 0. The SMILES string of the molecule is C=CC(=C)CN. The Morgan fingerprint density at radius 3 is 2.33 bits per heavy atom. The minimum absolute atomic E-state index is 0.517. The van der Waals surface area contributed by atoms with Crippen LogP contribution in [-0.2, 0) is 0 Å². The average Bonchev–Trinajstić information content (AvgIpc) is 1.65. The van der Waals surface area contributed by atoms with Gasteiger partial charge < -0.3 is 5.73 Å². The molecule has 0 heterocycles. The summed E-state index contributed by atoms with van der Waals surface area (Å²) in [6.07, 6.45) is 1.65. The van der Waals surface area contributed by atoms with Gasteiger partial charge in [-0.3, -0.25) is 0 Å². The number of hydrogen-bond donors (Lipinski definition) is 1. The lowest BCUT2D eigenvalue weighted by Gasteiger charge is -1.84. The van der Waals surface area contributed by atoms with Crippen LogP contribution in [0.15, 0.2) is 24.8 Å². The van der Waals surface area contributed by atoms with Crippen LogP contribution < -0.4 is 5.73 Å². The Bertz CT molecular complexity index is 64.3. The Morgan fingerprint density at radius 1 is 1.83 bits per heavy atom. The summed E-state index contributed by atoms with van der Waals surface area (Å²) in [5.41, 5.74) is 6.00. The lowest BCUT2D eigenvalue weighted by atomic mass is 10.3.